The smallest absolute Gasteiger partial charge is 0.249 e. The highest BCUT2D eigenvalue weighted by Crippen LogP contribution is 2.38. The largest absolute Gasteiger partial charge is 0.368 e. The molecular formula is C14H24N2O2. The van der Waals surface area contributed by atoms with E-state index in [9.17, 15) is 4.79 Å². The SMILES string of the molecule is CC1CCOC1C(=O)NC1CCNC2(CCC2)C1. The summed E-state index contributed by atoms with van der Waals surface area (Å²) < 4.78 is 5.53. The summed E-state index contributed by atoms with van der Waals surface area (Å²) >= 11 is 0. The number of amides is 1. The Balaban J connectivity index is 1.54. The van der Waals surface area contributed by atoms with Gasteiger partial charge in [-0.3, -0.25) is 4.79 Å². The van der Waals surface area contributed by atoms with Crippen LogP contribution >= 0.6 is 0 Å². The highest BCUT2D eigenvalue weighted by atomic mass is 16.5. The second-order valence-electron chi connectivity index (χ2n) is 6.32. The van der Waals surface area contributed by atoms with E-state index in [1.807, 2.05) is 0 Å². The first-order valence-electron chi connectivity index (χ1n) is 7.36. The fourth-order valence-electron chi connectivity index (χ4n) is 3.58. The molecule has 4 heteroatoms. The zero-order valence-corrected chi connectivity index (χ0v) is 11.2. The van der Waals surface area contributed by atoms with Crippen molar-refractivity contribution in [3.8, 4) is 0 Å². The first kappa shape index (κ1) is 12.4. The second-order valence-corrected chi connectivity index (χ2v) is 6.32. The maximum atomic E-state index is 12.2. The van der Waals surface area contributed by atoms with Crippen LogP contribution < -0.4 is 10.6 Å². The third kappa shape index (κ3) is 2.28. The number of carbonyl (C=O) groups excluding carboxylic acids is 1. The Bertz CT molecular complexity index is 328. The second kappa shape index (κ2) is 4.82. The molecule has 18 heavy (non-hydrogen) atoms. The Morgan fingerprint density at radius 3 is 2.83 bits per heavy atom. The number of hydrogen-bond donors (Lipinski definition) is 2. The predicted octanol–water partition coefficient (Wildman–Crippen LogP) is 1.20. The monoisotopic (exact) mass is 252 g/mol. The molecule has 2 N–H and O–H groups in total. The van der Waals surface area contributed by atoms with Crippen molar-refractivity contribution < 1.29 is 9.53 Å². The van der Waals surface area contributed by atoms with Gasteiger partial charge in [-0.2, -0.15) is 0 Å². The molecule has 3 fully saturated rings. The Labute approximate surface area is 109 Å². The number of piperidine rings is 1. The Morgan fingerprint density at radius 2 is 2.22 bits per heavy atom. The van der Waals surface area contributed by atoms with Crippen LogP contribution in [0.15, 0.2) is 0 Å². The van der Waals surface area contributed by atoms with E-state index in [0.717, 1.165) is 32.4 Å². The molecule has 1 amide bonds. The molecule has 0 aromatic rings. The van der Waals surface area contributed by atoms with Gasteiger partial charge in [0.1, 0.15) is 6.10 Å². The summed E-state index contributed by atoms with van der Waals surface area (Å²) in [6.45, 7) is 3.87. The summed E-state index contributed by atoms with van der Waals surface area (Å²) in [7, 11) is 0. The molecule has 2 saturated heterocycles. The van der Waals surface area contributed by atoms with Gasteiger partial charge in [-0.15, -0.1) is 0 Å². The Kier molecular flexibility index (Phi) is 3.32. The minimum atomic E-state index is -0.211. The van der Waals surface area contributed by atoms with Crippen molar-refractivity contribution in [2.75, 3.05) is 13.2 Å². The molecule has 0 aromatic carbocycles. The molecule has 3 unspecified atom stereocenters. The van der Waals surface area contributed by atoms with Gasteiger partial charge in [0, 0.05) is 18.2 Å². The highest BCUT2D eigenvalue weighted by molar-refractivity contribution is 5.81. The lowest BCUT2D eigenvalue weighted by Crippen LogP contribution is -2.60. The van der Waals surface area contributed by atoms with Crippen LogP contribution in [0.2, 0.25) is 0 Å². The zero-order chi connectivity index (χ0) is 12.6. The summed E-state index contributed by atoms with van der Waals surface area (Å²) in [5.74, 6) is 0.478. The molecule has 0 aromatic heterocycles. The number of hydrogen-bond acceptors (Lipinski definition) is 3. The Hall–Kier alpha value is -0.610. The van der Waals surface area contributed by atoms with Crippen LogP contribution in [0.3, 0.4) is 0 Å². The van der Waals surface area contributed by atoms with Crippen molar-refractivity contribution in [2.45, 2.75) is 63.1 Å². The van der Waals surface area contributed by atoms with E-state index in [4.69, 9.17) is 4.74 Å². The third-order valence-electron chi connectivity index (χ3n) is 4.93. The quantitative estimate of drug-likeness (QED) is 0.776. The summed E-state index contributed by atoms with van der Waals surface area (Å²) in [6, 6.07) is 0.343. The topological polar surface area (TPSA) is 50.4 Å². The fraction of sp³-hybridized carbons (Fsp3) is 0.929. The molecule has 2 heterocycles. The van der Waals surface area contributed by atoms with Crippen LogP contribution in [-0.2, 0) is 9.53 Å². The minimum Gasteiger partial charge on any atom is -0.368 e. The van der Waals surface area contributed by atoms with E-state index in [0.29, 0.717) is 17.5 Å². The summed E-state index contributed by atoms with van der Waals surface area (Å²) in [5.41, 5.74) is 0.346. The van der Waals surface area contributed by atoms with Gasteiger partial charge < -0.3 is 15.4 Å². The van der Waals surface area contributed by atoms with Crippen molar-refractivity contribution in [3.05, 3.63) is 0 Å². The van der Waals surface area contributed by atoms with E-state index >= 15 is 0 Å². The molecule has 1 saturated carbocycles. The van der Waals surface area contributed by atoms with Crippen LogP contribution in [0.1, 0.15) is 45.4 Å². The fourth-order valence-corrected chi connectivity index (χ4v) is 3.58. The van der Waals surface area contributed by atoms with Crippen molar-refractivity contribution >= 4 is 5.91 Å². The van der Waals surface area contributed by atoms with Gasteiger partial charge in [-0.25, -0.2) is 0 Å². The van der Waals surface area contributed by atoms with E-state index < -0.39 is 0 Å². The molecule has 3 rings (SSSR count). The molecule has 0 bridgehead atoms. The normalized spacial score (nSPS) is 38.4. The van der Waals surface area contributed by atoms with Gasteiger partial charge in [-0.05, 0) is 51.0 Å². The van der Waals surface area contributed by atoms with E-state index in [1.165, 1.54) is 19.3 Å². The molecule has 3 aliphatic rings. The molecule has 1 aliphatic carbocycles. The maximum Gasteiger partial charge on any atom is 0.249 e. The third-order valence-corrected chi connectivity index (χ3v) is 4.93. The number of carbonyl (C=O) groups is 1. The van der Waals surface area contributed by atoms with Crippen LogP contribution in [0.4, 0.5) is 0 Å². The Morgan fingerprint density at radius 1 is 1.39 bits per heavy atom. The van der Waals surface area contributed by atoms with Crippen LogP contribution in [0.5, 0.6) is 0 Å². The lowest BCUT2D eigenvalue weighted by molar-refractivity contribution is -0.132. The lowest BCUT2D eigenvalue weighted by atomic mass is 9.70. The van der Waals surface area contributed by atoms with E-state index in [-0.39, 0.29) is 12.0 Å². The van der Waals surface area contributed by atoms with Crippen LogP contribution in [-0.4, -0.2) is 36.7 Å². The van der Waals surface area contributed by atoms with Crippen molar-refractivity contribution in [1.82, 2.24) is 10.6 Å². The number of nitrogens with one attached hydrogen (secondary N) is 2. The summed E-state index contributed by atoms with van der Waals surface area (Å²) in [5, 5.41) is 6.84. The van der Waals surface area contributed by atoms with Gasteiger partial charge in [0.25, 0.3) is 0 Å². The summed E-state index contributed by atoms with van der Waals surface area (Å²) in [6.07, 6.45) is 6.82. The van der Waals surface area contributed by atoms with Gasteiger partial charge in [0.2, 0.25) is 5.91 Å². The highest BCUT2D eigenvalue weighted by Gasteiger charge is 2.42. The van der Waals surface area contributed by atoms with Crippen LogP contribution in [0, 0.1) is 5.92 Å². The lowest BCUT2D eigenvalue weighted by Gasteiger charge is -2.48. The van der Waals surface area contributed by atoms with E-state index in [2.05, 4.69) is 17.6 Å². The maximum absolute atomic E-state index is 12.2. The van der Waals surface area contributed by atoms with Gasteiger partial charge >= 0.3 is 0 Å². The van der Waals surface area contributed by atoms with Crippen molar-refractivity contribution in [1.29, 1.82) is 0 Å². The molecule has 4 nitrogen and oxygen atoms in total. The van der Waals surface area contributed by atoms with Crippen molar-refractivity contribution in [2.24, 2.45) is 5.92 Å². The molecule has 0 radical (unpaired) electrons. The van der Waals surface area contributed by atoms with Gasteiger partial charge in [-0.1, -0.05) is 6.92 Å². The first-order valence-corrected chi connectivity index (χ1v) is 7.36. The number of ether oxygens (including phenoxy) is 1. The minimum absolute atomic E-state index is 0.112. The predicted molar refractivity (Wildman–Crippen MR) is 69.3 cm³/mol. The van der Waals surface area contributed by atoms with E-state index in [1.54, 1.807) is 0 Å². The molecule has 2 aliphatic heterocycles. The molecular weight excluding hydrogens is 228 g/mol. The van der Waals surface area contributed by atoms with Gasteiger partial charge in [0.05, 0.1) is 0 Å². The van der Waals surface area contributed by atoms with Crippen LogP contribution in [0.25, 0.3) is 0 Å². The van der Waals surface area contributed by atoms with Gasteiger partial charge in [0.15, 0.2) is 0 Å². The first-order chi connectivity index (χ1) is 8.69. The zero-order valence-electron chi connectivity index (χ0n) is 11.2. The average Bonchev–Trinajstić information content (AvgIpc) is 2.74. The molecule has 1 spiro atoms. The number of rotatable bonds is 2. The van der Waals surface area contributed by atoms with Crippen molar-refractivity contribution in [3.63, 3.8) is 0 Å². The molecule has 3 atom stereocenters. The average molecular weight is 252 g/mol. The molecule has 102 valence electrons. The summed E-state index contributed by atoms with van der Waals surface area (Å²) in [4.78, 5) is 12.2. The standard InChI is InChI=1S/C14H24N2O2/c1-10-4-8-18-12(10)13(17)16-11-3-7-15-14(9-11)5-2-6-14/h10-12,15H,2-9H2,1H3,(H,16,17).